The Morgan fingerprint density at radius 1 is 1.53 bits per heavy atom. The van der Waals surface area contributed by atoms with Crippen LogP contribution in [0.5, 0.6) is 0 Å². The number of rotatable bonds is 4. The van der Waals surface area contributed by atoms with E-state index in [0.29, 0.717) is 6.61 Å². The van der Waals surface area contributed by atoms with E-state index in [1.165, 1.54) is 0 Å². The van der Waals surface area contributed by atoms with Gasteiger partial charge in [-0.1, -0.05) is 0 Å². The molecule has 0 aliphatic carbocycles. The van der Waals surface area contributed by atoms with Crippen LogP contribution >= 0.6 is 0 Å². The minimum atomic E-state index is -0.433. The molecular formula is C10H17N2O3+. The summed E-state index contributed by atoms with van der Waals surface area (Å²) in [5, 5.41) is 8.26. The maximum Gasteiger partial charge on any atom is 0.320 e. The van der Waals surface area contributed by atoms with Gasteiger partial charge in [-0.3, -0.25) is 4.79 Å². The van der Waals surface area contributed by atoms with E-state index in [9.17, 15) is 4.79 Å². The molecule has 0 amide bonds. The van der Waals surface area contributed by atoms with Crippen molar-refractivity contribution in [2.45, 2.75) is 6.42 Å². The van der Waals surface area contributed by atoms with Crippen molar-refractivity contribution in [2.24, 2.45) is 0 Å². The minimum absolute atomic E-state index is 0.160. The molecule has 0 atom stereocenters. The third kappa shape index (κ3) is 4.28. The molecule has 15 heavy (non-hydrogen) atoms. The standard InChI is InChI=1S/C10H17N2O3/c1-12(4-7-14-8-5-12)6-9-15-10(13)2-3-11/h2,4-9H2,1H3/q+1. The summed E-state index contributed by atoms with van der Waals surface area (Å²) < 4.78 is 11.1. The van der Waals surface area contributed by atoms with Gasteiger partial charge in [-0.25, -0.2) is 0 Å². The lowest BCUT2D eigenvalue weighted by Crippen LogP contribution is -2.53. The number of morpholine rings is 1. The number of quaternary nitrogens is 1. The van der Waals surface area contributed by atoms with Crippen LogP contribution in [0, 0.1) is 11.3 Å². The van der Waals surface area contributed by atoms with E-state index in [4.69, 9.17) is 14.7 Å². The summed E-state index contributed by atoms with van der Waals surface area (Å²) >= 11 is 0. The molecule has 1 rings (SSSR count). The number of likely N-dealkylation sites (N-methyl/N-ethyl adjacent to an activating group) is 1. The Morgan fingerprint density at radius 2 is 2.20 bits per heavy atom. The van der Waals surface area contributed by atoms with Crippen molar-refractivity contribution >= 4 is 5.97 Å². The quantitative estimate of drug-likeness (QED) is 0.484. The van der Waals surface area contributed by atoms with Crippen molar-refractivity contribution in [1.82, 2.24) is 0 Å². The summed E-state index contributed by atoms with van der Waals surface area (Å²) in [4.78, 5) is 10.9. The number of nitrogens with zero attached hydrogens (tertiary/aromatic N) is 2. The molecule has 0 aromatic carbocycles. The molecule has 0 spiro atoms. The fraction of sp³-hybridized carbons (Fsp3) is 0.800. The molecule has 5 nitrogen and oxygen atoms in total. The van der Waals surface area contributed by atoms with Gasteiger partial charge in [0, 0.05) is 0 Å². The zero-order valence-corrected chi connectivity index (χ0v) is 9.07. The molecule has 0 bridgehead atoms. The molecule has 0 unspecified atom stereocenters. The number of carbonyl (C=O) groups excluding carboxylic acids is 1. The number of hydrogen-bond acceptors (Lipinski definition) is 4. The third-order valence-corrected chi connectivity index (χ3v) is 2.67. The van der Waals surface area contributed by atoms with E-state index in [-0.39, 0.29) is 6.42 Å². The Kier molecular flexibility index (Phi) is 4.53. The molecule has 0 N–H and O–H groups in total. The number of nitriles is 1. The van der Waals surface area contributed by atoms with Crippen LogP contribution in [0.1, 0.15) is 6.42 Å². The average Bonchev–Trinajstić information content (AvgIpc) is 2.19. The first-order chi connectivity index (χ1) is 7.16. The van der Waals surface area contributed by atoms with Gasteiger partial charge in [-0.05, 0) is 0 Å². The SMILES string of the molecule is C[N+]1(CCOC(=O)CC#N)CCOCC1. The van der Waals surface area contributed by atoms with Crippen molar-refractivity contribution < 1.29 is 18.8 Å². The van der Waals surface area contributed by atoms with Crippen LogP contribution in [0.3, 0.4) is 0 Å². The summed E-state index contributed by atoms with van der Waals surface area (Å²) in [7, 11) is 2.13. The molecule has 0 saturated carbocycles. The maximum absolute atomic E-state index is 10.9. The van der Waals surface area contributed by atoms with Crippen LogP contribution in [-0.2, 0) is 14.3 Å². The Labute approximate surface area is 89.8 Å². The maximum atomic E-state index is 10.9. The van der Waals surface area contributed by atoms with Crippen LogP contribution in [0.15, 0.2) is 0 Å². The van der Waals surface area contributed by atoms with Crippen molar-refractivity contribution in [3.8, 4) is 6.07 Å². The first-order valence-electron chi connectivity index (χ1n) is 5.10. The Balaban J connectivity index is 2.18. The normalized spacial score (nSPS) is 19.2. The molecule has 1 aliphatic rings. The van der Waals surface area contributed by atoms with Gasteiger partial charge in [0.2, 0.25) is 0 Å². The van der Waals surface area contributed by atoms with Crippen molar-refractivity contribution in [2.75, 3.05) is 46.5 Å². The predicted octanol–water partition coefficient (Wildman–Crippen LogP) is -0.0799. The Bertz CT molecular complexity index is 254. The lowest BCUT2D eigenvalue weighted by atomic mass is 10.3. The Hall–Kier alpha value is -1.12. The predicted molar refractivity (Wildman–Crippen MR) is 52.8 cm³/mol. The summed E-state index contributed by atoms with van der Waals surface area (Å²) in [6.07, 6.45) is -0.160. The first kappa shape index (κ1) is 12.0. The lowest BCUT2D eigenvalue weighted by Gasteiger charge is -2.37. The summed E-state index contributed by atoms with van der Waals surface area (Å²) in [5.74, 6) is -0.433. The summed E-state index contributed by atoms with van der Waals surface area (Å²) in [6.45, 7) is 4.62. The highest BCUT2D eigenvalue weighted by atomic mass is 16.5. The molecule has 5 heteroatoms. The minimum Gasteiger partial charge on any atom is -0.459 e. The molecule has 1 fully saturated rings. The largest absolute Gasteiger partial charge is 0.459 e. The van der Waals surface area contributed by atoms with Crippen molar-refractivity contribution in [1.29, 1.82) is 5.26 Å². The van der Waals surface area contributed by atoms with Crippen molar-refractivity contribution in [3.05, 3.63) is 0 Å². The van der Waals surface area contributed by atoms with E-state index in [1.54, 1.807) is 6.07 Å². The Morgan fingerprint density at radius 3 is 2.80 bits per heavy atom. The van der Waals surface area contributed by atoms with E-state index < -0.39 is 5.97 Å². The van der Waals surface area contributed by atoms with E-state index in [0.717, 1.165) is 37.3 Å². The molecule has 0 aromatic rings. The zero-order chi connectivity index (χ0) is 11.1. The molecule has 84 valence electrons. The second-order valence-electron chi connectivity index (χ2n) is 3.96. The van der Waals surface area contributed by atoms with E-state index in [1.807, 2.05) is 0 Å². The van der Waals surface area contributed by atoms with Gasteiger partial charge in [0.25, 0.3) is 0 Å². The third-order valence-electron chi connectivity index (χ3n) is 2.67. The van der Waals surface area contributed by atoms with Crippen LogP contribution in [0.4, 0.5) is 0 Å². The fourth-order valence-corrected chi connectivity index (χ4v) is 1.50. The number of hydrogen-bond donors (Lipinski definition) is 0. The molecule has 0 aromatic heterocycles. The van der Waals surface area contributed by atoms with Gasteiger partial charge < -0.3 is 14.0 Å². The highest BCUT2D eigenvalue weighted by molar-refractivity contribution is 5.71. The monoisotopic (exact) mass is 213 g/mol. The topological polar surface area (TPSA) is 59.3 Å². The molecule has 1 heterocycles. The highest BCUT2D eigenvalue weighted by Gasteiger charge is 2.25. The van der Waals surface area contributed by atoms with Crippen LogP contribution in [-0.4, -0.2) is 57.0 Å². The van der Waals surface area contributed by atoms with Gasteiger partial charge in [-0.2, -0.15) is 5.26 Å². The number of carbonyl (C=O) groups is 1. The second-order valence-corrected chi connectivity index (χ2v) is 3.96. The van der Waals surface area contributed by atoms with Gasteiger partial charge in [-0.15, -0.1) is 0 Å². The fourth-order valence-electron chi connectivity index (χ4n) is 1.50. The van der Waals surface area contributed by atoms with Crippen LogP contribution in [0.25, 0.3) is 0 Å². The molecule has 1 aliphatic heterocycles. The first-order valence-corrected chi connectivity index (χ1v) is 5.10. The summed E-state index contributed by atoms with van der Waals surface area (Å²) in [6, 6.07) is 1.77. The molecule has 0 radical (unpaired) electrons. The number of ether oxygens (including phenoxy) is 2. The smallest absolute Gasteiger partial charge is 0.320 e. The van der Waals surface area contributed by atoms with Gasteiger partial charge in [0.1, 0.15) is 32.7 Å². The second kappa shape index (κ2) is 5.69. The van der Waals surface area contributed by atoms with E-state index in [2.05, 4.69) is 7.05 Å². The lowest BCUT2D eigenvalue weighted by molar-refractivity contribution is -0.917. The average molecular weight is 213 g/mol. The van der Waals surface area contributed by atoms with Gasteiger partial charge in [0.05, 0.1) is 26.3 Å². The number of esters is 1. The summed E-state index contributed by atoms with van der Waals surface area (Å²) in [5.41, 5.74) is 0. The van der Waals surface area contributed by atoms with Crippen LogP contribution < -0.4 is 0 Å². The van der Waals surface area contributed by atoms with Crippen molar-refractivity contribution in [3.63, 3.8) is 0 Å². The highest BCUT2D eigenvalue weighted by Crippen LogP contribution is 2.06. The molecule has 1 saturated heterocycles. The van der Waals surface area contributed by atoms with E-state index >= 15 is 0 Å². The van der Waals surface area contributed by atoms with Crippen LogP contribution in [0.2, 0.25) is 0 Å². The molecular weight excluding hydrogens is 196 g/mol. The van der Waals surface area contributed by atoms with Gasteiger partial charge >= 0.3 is 5.97 Å². The zero-order valence-electron chi connectivity index (χ0n) is 9.07. The van der Waals surface area contributed by atoms with Gasteiger partial charge in [0.15, 0.2) is 0 Å².